The van der Waals surface area contributed by atoms with Gasteiger partial charge in [-0.05, 0) is 63.7 Å². The summed E-state index contributed by atoms with van der Waals surface area (Å²) in [6.07, 6.45) is 3.87. The Bertz CT molecular complexity index is 760. The second-order valence-corrected chi connectivity index (χ2v) is 11.3. The smallest absolute Gasteiger partial charge is 0.312 e. The van der Waals surface area contributed by atoms with Gasteiger partial charge in [0.25, 0.3) is 0 Å². The summed E-state index contributed by atoms with van der Waals surface area (Å²) in [6.45, 7) is 5.60. The molecule has 152 valence electrons. The zero-order valence-electron chi connectivity index (χ0n) is 16.2. The quantitative estimate of drug-likeness (QED) is 0.518. The van der Waals surface area contributed by atoms with Crippen molar-refractivity contribution in [1.29, 1.82) is 0 Å². The van der Waals surface area contributed by atoms with Crippen molar-refractivity contribution in [2.45, 2.75) is 71.3 Å². The first kappa shape index (κ1) is 20.3. The molecule has 4 unspecified atom stereocenters. The fourth-order valence-corrected chi connectivity index (χ4v) is 6.88. The zero-order chi connectivity index (χ0) is 20.1. The lowest BCUT2D eigenvalue weighted by atomic mass is 9.57. The van der Waals surface area contributed by atoms with E-state index in [1.807, 2.05) is 25.5 Å². The molecule has 1 N–H and O–H groups in total. The maximum atomic E-state index is 12.8. The molecule has 7 nitrogen and oxygen atoms in total. The lowest BCUT2D eigenvalue weighted by Gasteiger charge is -2.53. The summed E-state index contributed by atoms with van der Waals surface area (Å²) in [5.74, 6) is -0.619. The van der Waals surface area contributed by atoms with E-state index in [1.165, 1.54) is 0 Å². The maximum Gasteiger partial charge on any atom is 0.312 e. The Labute approximate surface area is 160 Å². The highest BCUT2D eigenvalue weighted by Crippen LogP contribution is 2.60. The van der Waals surface area contributed by atoms with Gasteiger partial charge in [0, 0.05) is 12.3 Å². The van der Waals surface area contributed by atoms with Gasteiger partial charge in [-0.1, -0.05) is 6.92 Å². The van der Waals surface area contributed by atoms with Crippen LogP contribution in [0.5, 0.6) is 0 Å². The Morgan fingerprint density at radius 1 is 1.30 bits per heavy atom. The normalized spacial score (nSPS) is 35.6. The van der Waals surface area contributed by atoms with Gasteiger partial charge in [0.15, 0.2) is 0 Å². The molecule has 4 bridgehead atoms. The Morgan fingerprint density at radius 2 is 2.00 bits per heavy atom. The lowest BCUT2D eigenvalue weighted by molar-refractivity contribution is -0.190. The van der Waals surface area contributed by atoms with Gasteiger partial charge in [-0.3, -0.25) is 19.1 Å². The number of ketones is 1. The minimum Gasteiger partial charge on any atom is -0.459 e. The fourth-order valence-electron chi connectivity index (χ4n) is 5.50. The van der Waals surface area contributed by atoms with Crippen LogP contribution in [-0.2, 0) is 29.1 Å². The van der Waals surface area contributed by atoms with E-state index in [9.17, 15) is 22.8 Å². The molecule has 8 heteroatoms. The van der Waals surface area contributed by atoms with Crippen LogP contribution in [0.2, 0.25) is 0 Å². The number of ether oxygens (including phenoxy) is 1. The molecule has 0 aromatic rings. The van der Waals surface area contributed by atoms with Crippen LogP contribution in [0.4, 0.5) is 0 Å². The summed E-state index contributed by atoms with van der Waals surface area (Å²) < 4.78 is 32.6. The SMILES string of the molecule is CCC(C)(C)C(=O)OC12CC3CC(=O)C(CC(CS(=O)(=O)NC=O)(C3)C1)C2. The molecule has 0 radical (unpaired) electrons. The minimum absolute atomic E-state index is 0.0164. The largest absolute Gasteiger partial charge is 0.459 e. The average molecular weight is 400 g/mol. The highest BCUT2D eigenvalue weighted by atomic mass is 32.2. The van der Waals surface area contributed by atoms with Crippen molar-refractivity contribution >= 4 is 28.2 Å². The Morgan fingerprint density at radius 3 is 2.63 bits per heavy atom. The number of hydrogen-bond donors (Lipinski definition) is 1. The van der Waals surface area contributed by atoms with Crippen LogP contribution in [0.25, 0.3) is 0 Å². The molecule has 27 heavy (non-hydrogen) atoms. The number of hydrogen-bond acceptors (Lipinski definition) is 6. The molecule has 0 saturated heterocycles. The predicted molar refractivity (Wildman–Crippen MR) is 98.0 cm³/mol. The number of fused-ring (bicyclic) bond motifs is 1. The molecule has 4 aliphatic rings. The first-order chi connectivity index (χ1) is 12.4. The van der Waals surface area contributed by atoms with Gasteiger partial charge in [0.05, 0.1) is 11.2 Å². The number of Topliss-reactive ketones (excluding diaryl/α,β-unsaturated/α-hetero) is 1. The molecule has 4 aliphatic carbocycles. The first-order valence-corrected chi connectivity index (χ1v) is 11.3. The fraction of sp³-hybridized carbons (Fsp3) is 0.842. The van der Waals surface area contributed by atoms with E-state index in [-0.39, 0.29) is 35.8 Å². The molecule has 0 aromatic carbocycles. The zero-order valence-corrected chi connectivity index (χ0v) is 17.1. The van der Waals surface area contributed by atoms with E-state index in [2.05, 4.69) is 0 Å². The maximum absolute atomic E-state index is 12.8. The molecule has 1 amide bonds. The van der Waals surface area contributed by atoms with Crippen LogP contribution in [0.1, 0.15) is 65.7 Å². The molecule has 4 fully saturated rings. The van der Waals surface area contributed by atoms with Crippen LogP contribution in [0.15, 0.2) is 0 Å². The summed E-state index contributed by atoms with van der Waals surface area (Å²) in [5, 5.41) is 0. The number of carbonyl (C=O) groups excluding carboxylic acids is 3. The van der Waals surface area contributed by atoms with Crippen LogP contribution in [0, 0.1) is 22.7 Å². The Hall–Kier alpha value is -1.44. The summed E-state index contributed by atoms with van der Waals surface area (Å²) >= 11 is 0. The number of rotatable bonds is 7. The van der Waals surface area contributed by atoms with Crippen molar-refractivity contribution in [3.63, 3.8) is 0 Å². The van der Waals surface area contributed by atoms with Gasteiger partial charge in [-0.25, -0.2) is 8.42 Å². The summed E-state index contributed by atoms with van der Waals surface area (Å²) in [7, 11) is -3.79. The number of sulfonamides is 1. The molecule has 0 aliphatic heterocycles. The van der Waals surface area contributed by atoms with E-state index >= 15 is 0 Å². The van der Waals surface area contributed by atoms with Crippen LogP contribution in [-0.4, -0.2) is 37.9 Å². The van der Waals surface area contributed by atoms with Crippen LogP contribution in [0.3, 0.4) is 0 Å². The average Bonchev–Trinajstić information content (AvgIpc) is 2.66. The summed E-state index contributed by atoms with van der Waals surface area (Å²) in [6, 6.07) is 0. The van der Waals surface area contributed by atoms with Gasteiger partial charge in [-0.15, -0.1) is 0 Å². The minimum atomic E-state index is -3.79. The third-order valence-corrected chi connectivity index (χ3v) is 8.24. The summed E-state index contributed by atoms with van der Waals surface area (Å²) in [4.78, 5) is 36.1. The molecule has 4 saturated carbocycles. The highest BCUT2D eigenvalue weighted by molar-refractivity contribution is 7.90. The van der Waals surface area contributed by atoms with Crippen molar-refractivity contribution in [2.24, 2.45) is 22.7 Å². The van der Waals surface area contributed by atoms with Crippen molar-refractivity contribution in [3.05, 3.63) is 0 Å². The molecule has 4 atom stereocenters. The molecular formula is C19H29NO6S. The monoisotopic (exact) mass is 399 g/mol. The van der Waals surface area contributed by atoms with Crippen molar-refractivity contribution in [2.75, 3.05) is 5.75 Å². The highest BCUT2D eigenvalue weighted by Gasteiger charge is 2.60. The van der Waals surface area contributed by atoms with Gasteiger partial charge in [0.2, 0.25) is 16.4 Å². The van der Waals surface area contributed by atoms with E-state index < -0.39 is 26.5 Å². The topological polar surface area (TPSA) is 107 Å². The van der Waals surface area contributed by atoms with Crippen molar-refractivity contribution in [1.82, 2.24) is 4.72 Å². The third kappa shape index (κ3) is 3.91. The third-order valence-electron chi connectivity index (χ3n) is 6.79. The van der Waals surface area contributed by atoms with Crippen molar-refractivity contribution < 1.29 is 27.5 Å². The van der Waals surface area contributed by atoms with E-state index in [1.54, 1.807) is 0 Å². The second kappa shape index (κ2) is 6.57. The Balaban J connectivity index is 1.94. The van der Waals surface area contributed by atoms with Crippen LogP contribution >= 0.6 is 0 Å². The van der Waals surface area contributed by atoms with Gasteiger partial charge >= 0.3 is 5.97 Å². The second-order valence-electron chi connectivity index (χ2n) is 9.53. The molecule has 0 spiro atoms. The lowest BCUT2D eigenvalue weighted by Crippen LogP contribution is -2.55. The molecular weight excluding hydrogens is 370 g/mol. The van der Waals surface area contributed by atoms with E-state index in [4.69, 9.17) is 4.74 Å². The molecule has 0 heterocycles. The molecule has 0 aromatic heterocycles. The number of esters is 1. The van der Waals surface area contributed by atoms with Gasteiger partial charge < -0.3 is 4.74 Å². The van der Waals surface area contributed by atoms with E-state index in [0.29, 0.717) is 44.9 Å². The van der Waals surface area contributed by atoms with Gasteiger partial charge in [-0.2, -0.15) is 0 Å². The number of amides is 1. The van der Waals surface area contributed by atoms with E-state index in [0.717, 1.165) is 0 Å². The van der Waals surface area contributed by atoms with Gasteiger partial charge in [0.1, 0.15) is 11.4 Å². The van der Waals surface area contributed by atoms with Crippen molar-refractivity contribution in [3.8, 4) is 0 Å². The molecule has 4 rings (SSSR count). The predicted octanol–water partition coefficient (Wildman–Crippen LogP) is 1.95. The first-order valence-electron chi connectivity index (χ1n) is 9.64. The van der Waals surface area contributed by atoms with Crippen LogP contribution < -0.4 is 4.72 Å². The Kier molecular flexibility index (Phi) is 4.94. The number of carbonyl (C=O) groups is 3. The number of nitrogens with one attached hydrogen (secondary N) is 1. The summed E-state index contributed by atoms with van der Waals surface area (Å²) in [5.41, 5.74) is -2.04. The standard InChI is InChI=1S/C19H29NO6S/c1-4-17(2,3)16(23)26-19-7-13-5-15(22)14(9-19)8-18(6-13,10-19)11-27(24,25)20-12-21/h12-14H,4-11H2,1-3H3,(H,20,21).